The number of hydrogen-bond donors (Lipinski definition) is 1. The Balaban J connectivity index is 1.78. The zero-order valence-electron chi connectivity index (χ0n) is 16.1. The minimum absolute atomic E-state index is 0.0648. The van der Waals surface area contributed by atoms with Gasteiger partial charge in [0.2, 0.25) is 0 Å². The van der Waals surface area contributed by atoms with E-state index in [4.69, 9.17) is 4.74 Å². The number of carbonyl (C=O) groups is 1. The number of ether oxygens (including phenoxy) is 1. The molecule has 6 heteroatoms. The van der Waals surface area contributed by atoms with Crippen LogP contribution in [0.15, 0.2) is 89.8 Å². The molecule has 0 aliphatic rings. The topological polar surface area (TPSA) is 72.5 Å². The van der Waals surface area contributed by atoms with Crippen LogP contribution in [0.3, 0.4) is 0 Å². The van der Waals surface area contributed by atoms with Gasteiger partial charge in [0.1, 0.15) is 12.0 Å². The van der Waals surface area contributed by atoms with E-state index in [1.807, 2.05) is 67.6 Å². The molecule has 0 spiro atoms. The maximum atomic E-state index is 13.2. The average molecular weight is 410 g/mol. The van der Waals surface area contributed by atoms with Crippen molar-refractivity contribution in [2.45, 2.75) is 30.2 Å². The van der Waals surface area contributed by atoms with Gasteiger partial charge in [-0.3, -0.25) is 0 Å². The predicted octanol–water partition coefficient (Wildman–Crippen LogP) is 4.26. The van der Waals surface area contributed by atoms with Crippen LogP contribution in [-0.4, -0.2) is 19.9 Å². The van der Waals surface area contributed by atoms with E-state index in [1.165, 1.54) is 0 Å². The molecule has 0 saturated carbocycles. The number of nitrogens with one attached hydrogen (secondary N) is 1. The number of rotatable bonds is 7. The Kier molecular flexibility index (Phi) is 6.67. The summed E-state index contributed by atoms with van der Waals surface area (Å²) in [4.78, 5) is 12.5. The molecule has 3 aromatic carbocycles. The Morgan fingerprint density at radius 2 is 1.41 bits per heavy atom. The minimum Gasteiger partial charge on any atom is -0.445 e. The smallest absolute Gasteiger partial charge is 0.408 e. The Labute approximate surface area is 171 Å². The van der Waals surface area contributed by atoms with Crippen LogP contribution in [0.25, 0.3) is 0 Å². The molecule has 0 saturated heterocycles. The number of carbonyl (C=O) groups excluding carboxylic acids is 1. The maximum Gasteiger partial charge on any atom is 0.408 e. The highest BCUT2D eigenvalue weighted by Gasteiger charge is 2.29. The fraction of sp³-hybridized carbons (Fsp3) is 0.174. The fourth-order valence-corrected chi connectivity index (χ4v) is 4.36. The summed E-state index contributed by atoms with van der Waals surface area (Å²) in [5.74, 6) is 0. The molecule has 0 heterocycles. The highest BCUT2D eigenvalue weighted by molar-refractivity contribution is 7.92. The van der Waals surface area contributed by atoms with Crippen LogP contribution in [0.4, 0.5) is 4.79 Å². The lowest BCUT2D eigenvalue weighted by molar-refractivity contribution is 0.138. The summed E-state index contributed by atoms with van der Waals surface area (Å²) < 4.78 is 31.6. The van der Waals surface area contributed by atoms with Crippen LogP contribution in [0.2, 0.25) is 0 Å². The van der Waals surface area contributed by atoms with E-state index in [0.29, 0.717) is 0 Å². The van der Waals surface area contributed by atoms with Gasteiger partial charge in [0.15, 0.2) is 9.84 Å². The molecular weight excluding hydrogens is 386 g/mol. The van der Waals surface area contributed by atoms with Gasteiger partial charge in [0.25, 0.3) is 0 Å². The first-order valence-corrected chi connectivity index (χ1v) is 10.8. The van der Waals surface area contributed by atoms with Crippen molar-refractivity contribution in [1.29, 1.82) is 0 Å². The standard InChI is InChI=1S/C23H23NO4S/c1-18-12-14-21(15-13-18)29(26,27)22(16-19-8-4-2-5-9-19)24-23(25)28-17-20-10-6-3-7-11-20/h2-15,22H,16-17H2,1H3,(H,24,25). The third-order valence-corrected chi connectivity index (χ3v) is 6.44. The summed E-state index contributed by atoms with van der Waals surface area (Å²) in [6, 6.07) is 25.0. The molecule has 3 aromatic rings. The maximum absolute atomic E-state index is 13.2. The third kappa shape index (κ3) is 5.68. The van der Waals surface area contributed by atoms with Gasteiger partial charge in [-0.2, -0.15) is 0 Å². The summed E-state index contributed by atoms with van der Waals surface area (Å²) in [6.45, 7) is 1.95. The van der Waals surface area contributed by atoms with Gasteiger partial charge in [0.05, 0.1) is 4.90 Å². The second-order valence-corrected chi connectivity index (χ2v) is 8.87. The predicted molar refractivity (Wildman–Crippen MR) is 112 cm³/mol. The molecule has 0 aliphatic carbocycles. The first-order chi connectivity index (χ1) is 13.9. The van der Waals surface area contributed by atoms with Gasteiger partial charge >= 0.3 is 6.09 Å². The number of sulfone groups is 1. The minimum atomic E-state index is -3.81. The molecule has 5 nitrogen and oxygen atoms in total. The van der Waals surface area contributed by atoms with E-state index in [9.17, 15) is 13.2 Å². The van der Waals surface area contributed by atoms with Gasteiger partial charge in [-0.05, 0) is 30.2 Å². The molecular formula is C23H23NO4S. The SMILES string of the molecule is Cc1ccc(S(=O)(=O)C(Cc2ccccc2)NC(=O)OCc2ccccc2)cc1. The van der Waals surface area contributed by atoms with Crippen LogP contribution in [-0.2, 0) is 27.6 Å². The first-order valence-electron chi connectivity index (χ1n) is 9.27. The molecule has 0 aliphatic heterocycles. The molecule has 1 unspecified atom stereocenters. The number of aryl methyl sites for hydroxylation is 1. The van der Waals surface area contributed by atoms with Crippen LogP contribution in [0, 0.1) is 6.92 Å². The van der Waals surface area contributed by atoms with Crippen molar-refractivity contribution in [3.63, 3.8) is 0 Å². The van der Waals surface area contributed by atoms with Gasteiger partial charge in [0, 0.05) is 6.42 Å². The lowest BCUT2D eigenvalue weighted by Gasteiger charge is -2.19. The monoisotopic (exact) mass is 409 g/mol. The summed E-state index contributed by atoms with van der Waals surface area (Å²) in [6.07, 6.45) is -0.636. The average Bonchev–Trinajstić information content (AvgIpc) is 2.73. The molecule has 0 bridgehead atoms. The molecule has 1 amide bonds. The molecule has 150 valence electrons. The lowest BCUT2D eigenvalue weighted by atomic mass is 10.1. The van der Waals surface area contributed by atoms with Crippen molar-refractivity contribution in [3.05, 3.63) is 102 Å². The molecule has 0 fully saturated rings. The molecule has 1 N–H and O–H groups in total. The summed E-state index contributed by atoms with van der Waals surface area (Å²) >= 11 is 0. The molecule has 3 rings (SSSR count). The summed E-state index contributed by atoms with van der Waals surface area (Å²) in [5.41, 5.74) is 2.58. The zero-order chi connectivity index (χ0) is 20.7. The Morgan fingerprint density at radius 1 is 0.862 bits per heavy atom. The molecule has 29 heavy (non-hydrogen) atoms. The molecule has 1 atom stereocenters. The highest BCUT2D eigenvalue weighted by atomic mass is 32.2. The van der Waals surface area contributed by atoms with E-state index < -0.39 is 21.3 Å². The second kappa shape index (κ2) is 9.39. The van der Waals surface area contributed by atoms with Crippen molar-refractivity contribution in [3.8, 4) is 0 Å². The number of alkyl carbamates (subject to hydrolysis) is 1. The van der Waals surface area contributed by atoms with Crippen molar-refractivity contribution < 1.29 is 17.9 Å². The van der Waals surface area contributed by atoms with E-state index in [0.717, 1.165) is 16.7 Å². The fourth-order valence-electron chi connectivity index (χ4n) is 2.85. The number of hydrogen-bond acceptors (Lipinski definition) is 4. The Hall–Kier alpha value is -3.12. The molecule has 0 radical (unpaired) electrons. The van der Waals surface area contributed by atoms with Crippen LogP contribution in [0.1, 0.15) is 16.7 Å². The van der Waals surface area contributed by atoms with E-state index in [2.05, 4.69) is 5.32 Å². The molecule has 0 aromatic heterocycles. The number of amides is 1. The van der Waals surface area contributed by atoms with Gasteiger partial charge in [-0.1, -0.05) is 78.4 Å². The van der Waals surface area contributed by atoms with E-state index in [-0.39, 0.29) is 17.9 Å². The lowest BCUT2D eigenvalue weighted by Crippen LogP contribution is -2.42. The third-order valence-electron chi connectivity index (χ3n) is 4.48. The van der Waals surface area contributed by atoms with Crippen LogP contribution in [0.5, 0.6) is 0 Å². The second-order valence-electron chi connectivity index (χ2n) is 6.74. The van der Waals surface area contributed by atoms with E-state index in [1.54, 1.807) is 24.3 Å². The Morgan fingerprint density at radius 3 is 2.00 bits per heavy atom. The van der Waals surface area contributed by atoms with Crippen molar-refractivity contribution in [2.75, 3.05) is 0 Å². The largest absolute Gasteiger partial charge is 0.445 e. The van der Waals surface area contributed by atoms with Crippen molar-refractivity contribution in [2.24, 2.45) is 0 Å². The summed E-state index contributed by atoms with van der Waals surface area (Å²) in [7, 11) is -3.81. The van der Waals surface area contributed by atoms with E-state index >= 15 is 0 Å². The first kappa shape index (κ1) is 20.6. The van der Waals surface area contributed by atoms with Crippen molar-refractivity contribution >= 4 is 15.9 Å². The summed E-state index contributed by atoms with van der Waals surface area (Å²) in [5, 5.41) is 1.40. The van der Waals surface area contributed by atoms with Crippen molar-refractivity contribution in [1.82, 2.24) is 5.32 Å². The van der Waals surface area contributed by atoms with Crippen LogP contribution < -0.4 is 5.32 Å². The normalized spacial score (nSPS) is 12.2. The Bertz CT molecular complexity index is 1030. The van der Waals surface area contributed by atoms with Crippen LogP contribution >= 0.6 is 0 Å². The quantitative estimate of drug-likeness (QED) is 0.633. The van der Waals surface area contributed by atoms with Gasteiger partial charge < -0.3 is 10.1 Å². The zero-order valence-corrected chi connectivity index (χ0v) is 16.9. The highest BCUT2D eigenvalue weighted by Crippen LogP contribution is 2.19. The number of benzene rings is 3. The van der Waals surface area contributed by atoms with Gasteiger partial charge in [-0.15, -0.1) is 0 Å². The van der Waals surface area contributed by atoms with Gasteiger partial charge in [-0.25, -0.2) is 13.2 Å².